The second-order valence-electron chi connectivity index (χ2n) is 5.41. The van der Waals surface area contributed by atoms with E-state index in [0.29, 0.717) is 6.42 Å². The van der Waals surface area contributed by atoms with Crippen LogP contribution in [0.5, 0.6) is 0 Å². The summed E-state index contributed by atoms with van der Waals surface area (Å²) in [6, 6.07) is 4.00. The minimum absolute atomic E-state index is 0.0973. The molecule has 0 saturated heterocycles. The lowest BCUT2D eigenvalue weighted by Crippen LogP contribution is -2.31. The molecule has 3 rings (SSSR count). The van der Waals surface area contributed by atoms with Crippen molar-refractivity contribution in [1.29, 1.82) is 0 Å². The summed E-state index contributed by atoms with van der Waals surface area (Å²) < 4.78 is 0. The molecule has 1 aliphatic rings. The number of carbonyl (C=O) groups is 1. The largest absolute Gasteiger partial charge is 0.348 e. The van der Waals surface area contributed by atoms with Gasteiger partial charge in [0.25, 0.3) is 0 Å². The van der Waals surface area contributed by atoms with Crippen LogP contribution in [0.25, 0.3) is 0 Å². The molecular weight excluding hydrogens is 282 g/mol. The topological polar surface area (TPSA) is 54.9 Å². The minimum Gasteiger partial charge on any atom is -0.348 e. The number of amides is 1. The fourth-order valence-electron chi connectivity index (χ4n) is 2.75. The van der Waals surface area contributed by atoms with Crippen molar-refractivity contribution in [3.63, 3.8) is 0 Å². The van der Waals surface area contributed by atoms with Gasteiger partial charge >= 0.3 is 0 Å². The maximum Gasteiger partial charge on any atom is 0.220 e. The molecule has 0 unspecified atom stereocenters. The molecule has 1 amide bonds. The van der Waals surface area contributed by atoms with Crippen LogP contribution in [0.15, 0.2) is 24.5 Å². The minimum atomic E-state index is 0.0973. The highest BCUT2D eigenvalue weighted by Gasteiger charge is 2.25. The number of thiazole rings is 1. The molecule has 0 saturated carbocycles. The molecule has 0 aromatic carbocycles. The van der Waals surface area contributed by atoms with Crippen molar-refractivity contribution in [3.8, 4) is 0 Å². The predicted molar refractivity (Wildman–Crippen MR) is 83.2 cm³/mol. The molecular formula is C16H19N3OS. The van der Waals surface area contributed by atoms with Crippen molar-refractivity contribution in [1.82, 2.24) is 15.3 Å². The molecule has 1 N–H and O–H groups in total. The van der Waals surface area contributed by atoms with Gasteiger partial charge in [0.05, 0.1) is 16.7 Å². The van der Waals surface area contributed by atoms with E-state index in [9.17, 15) is 4.79 Å². The van der Waals surface area contributed by atoms with Crippen molar-refractivity contribution < 1.29 is 4.79 Å². The number of nitrogens with one attached hydrogen (secondary N) is 1. The van der Waals surface area contributed by atoms with Crippen molar-refractivity contribution >= 4 is 17.2 Å². The molecule has 110 valence electrons. The average molecular weight is 301 g/mol. The first kappa shape index (κ1) is 14.2. The van der Waals surface area contributed by atoms with Crippen LogP contribution in [0.1, 0.15) is 46.4 Å². The van der Waals surface area contributed by atoms with Crippen LogP contribution in [0.4, 0.5) is 0 Å². The highest BCUT2D eigenvalue weighted by Crippen LogP contribution is 2.32. The third-order valence-corrected chi connectivity index (χ3v) is 4.81. The standard InChI is InChI=1S/C16H19N3OS/c1-11-18-16-13(5-2-6-14(16)21-11)19-15(20)8-7-12-4-3-9-17-10-12/h3-4,9-10,13H,2,5-8H2,1H3,(H,19,20)/t13-/m1/s1. The lowest BCUT2D eigenvalue weighted by atomic mass is 9.97. The Morgan fingerprint density at radius 2 is 2.43 bits per heavy atom. The van der Waals surface area contributed by atoms with Gasteiger partial charge in [0.2, 0.25) is 5.91 Å². The summed E-state index contributed by atoms with van der Waals surface area (Å²) >= 11 is 1.76. The van der Waals surface area contributed by atoms with Gasteiger partial charge in [0, 0.05) is 23.7 Å². The summed E-state index contributed by atoms with van der Waals surface area (Å²) in [5, 5.41) is 4.24. The van der Waals surface area contributed by atoms with Crippen LogP contribution in [-0.4, -0.2) is 15.9 Å². The molecule has 0 bridgehead atoms. The van der Waals surface area contributed by atoms with Crippen LogP contribution in [0.3, 0.4) is 0 Å². The second-order valence-corrected chi connectivity index (χ2v) is 6.70. The molecule has 1 atom stereocenters. The summed E-state index contributed by atoms with van der Waals surface area (Å²) in [6.45, 7) is 2.03. The fraction of sp³-hybridized carbons (Fsp3) is 0.438. The summed E-state index contributed by atoms with van der Waals surface area (Å²) in [5.41, 5.74) is 2.19. The number of aromatic nitrogens is 2. The first-order valence-corrected chi connectivity index (χ1v) is 8.18. The molecule has 21 heavy (non-hydrogen) atoms. The van der Waals surface area contributed by atoms with Crippen molar-refractivity contribution in [2.45, 2.75) is 45.1 Å². The first-order chi connectivity index (χ1) is 10.2. The number of carbonyl (C=O) groups excluding carboxylic acids is 1. The molecule has 0 radical (unpaired) electrons. The third-order valence-electron chi connectivity index (χ3n) is 3.76. The van der Waals surface area contributed by atoms with Gasteiger partial charge in [-0.3, -0.25) is 9.78 Å². The monoisotopic (exact) mass is 301 g/mol. The Kier molecular flexibility index (Phi) is 4.29. The summed E-state index contributed by atoms with van der Waals surface area (Å²) in [5.74, 6) is 0.0994. The molecule has 4 nitrogen and oxygen atoms in total. The van der Waals surface area contributed by atoms with Gasteiger partial charge in [-0.15, -0.1) is 11.3 Å². The number of rotatable bonds is 4. The Morgan fingerprint density at radius 1 is 1.52 bits per heavy atom. The SMILES string of the molecule is Cc1nc2c(s1)CCC[C@H]2NC(=O)CCc1cccnc1. The first-order valence-electron chi connectivity index (χ1n) is 7.37. The van der Waals surface area contributed by atoms with Crippen molar-refractivity contribution in [2.24, 2.45) is 0 Å². The van der Waals surface area contributed by atoms with E-state index in [0.717, 1.165) is 41.9 Å². The van der Waals surface area contributed by atoms with E-state index < -0.39 is 0 Å². The molecule has 1 aliphatic carbocycles. The third kappa shape index (κ3) is 3.47. The number of pyridine rings is 1. The van der Waals surface area contributed by atoms with Gasteiger partial charge in [-0.25, -0.2) is 4.98 Å². The lowest BCUT2D eigenvalue weighted by molar-refractivity contribution is -0.121. The maximum atomic E-state index is 12.1. The number of fused-ring (bicyclic) bond motifs is 1. The molecule has 0 fully saturated rings. The van der Waals surface area contributed by atoms with Gasteiger partial charge < -0.3 is 5.32 Å². The van der Waals surface area contributed by atoms with E-state index in [1.165, 1.54) is 4.88 Å². The smallest absolute Gasteiger partial charge is 0.220 e. The number of hydrogen-bond acceptors (Lipinski definition) is 4. The quantitative estimate of drug-likeness (QED) is 0.944. The lowest BCUT2D eigenvalue weighted by Gasteiger charge is -2.22. The highest BCUT2D eigenvalue weighted by atomic mass is 32.1. The van der Waals surface area contributed by atoms with E-state index in [1.54, 1.807) is 17.5 Å². The summed E-state index contributed by atoms with van der Waals surface area (Å²) in [4.78, 5) is 22.2. The van der Waals surface area contributed by atoms with E-state index in [4.69, 9.17) is 0 Å². The van der Waals surface area contributed by atoms with E-state index in [1.807, 2.05) is 25.3 Å². The molecule has 2 heterocycles. The van der Waals surface area contributed by atoms with Gasteiger partial charge in [0.1, 0.15) is 0 Å². The summed E-state index contributed by atoms with van der Waals surface area (Å²) in [7, 11) is 0. The van der Waals surface area contributed by atoms with Crippen LogP contribution < -0.4 is 5.32 Å². The molecule has 5 heteroatoms. The van der Waals surface area contributed by atoms with E-state index in [2.05, 4.69) is 15.3 Å². The molecule has 0 aliphatic heterocycles. The Bertz CT molecular complexity index is 624. The zero-order valence-corrected chi connectivity index (χ0v) is 12.9. The Hall–Kier alpha value is -1.75. The highest BCUT2D eigenvalue weighted by molar-refractivity contribution is 7.11. The van der Waals surface area contributed by atoms with Crippen LogP contribution in [-0.2, 0) is 17.6 Å². The van der Waals surface area contributed by atoms with E-state index in [-0.39, 0.29) is 11.9 Å². The number of hydrogen-bond donors (Lipinski definition) is 1. The second kappa shape index (κ2) is 6.35. The maximum absolute atomic E-state index is 12.1. The Morgan fingerprint density at radius 3 is 3.24 bits per heavy atom. The summed E-state index contributed by atoms with van der Waals surface area (Å²) in [6.07, 6.45) is 8.02. The van der Waals surface area contributed by atoms with E-state index >= 15 is 0 Å². The van der Waals surface area contributed by atoms with Gasteiger partial charge in [-0.1, -0.05) is 6.07 Å². The van der Waals surface area contributed by atoms with Gasteiger partial charge in [-0.2, -0.15) is 0 Å². The normalized spacial score (nSPS) is 17.3. The van der Waals surface area contributed by atoms with Gasteiger partial charge in [-0.05, 0) is 44.2 Å². The van der Waals surface area contributed by atoms with Crippen LogP contribution in [0, 0.1) is 6.92 Å². The van der Waals surface area contributed by atoms with Crippen LogP contribution >= 0.6 is 11.3 Å². The Labute approximate surface area is 128 Å². The fourth-order valence-corrected chi connectivity index (χ4v) is 3.79. The van der Waals surface area contributed by atoms with Crippen molar-refractivity contribution in [3.05, 3.63) is 45.7 Å². The molecule has 2 aromatic heterocycles. The van der Waals surface area contributed by atoms with Crippen molar-refractivity contribution in [2.75, 3.05) is 0 Å². The molecule has 0 spiro atoms. The molecule has 2 aromatic rings. The Balaban J connectivity index is 1.58. The van der Waals surface area contributed by atoms with Gasteiger partial charge in [0.15, 0.2) is 0 Å². The average Bonchev–Trinajstić information content (AvgIpc) is 2.88. The zero-order valence-electron chi connectivity index (χ0n) is 12.1. The number of nitrogens with zero attached hydrogens (tertiary/aromatic N) is 2. The zero-order chi connectivity index (χ0) is 14.7. The number of aryl methyl sites for hydroxylation is 3. The van der Waals surface area contributed by atoms with Crippen LogP contribution in [0.2, 0.25) is 0 Å². The predicted octanol–water partition coefficient (Wildman–Crippen LogP) is 2.97.